The molecule has 0 saturated carbocycles. The van der Waals surface area contributed by atoms with Gasteiger partial charge in [-0.05, 0) is 60.3 Å². The number of hydrogen-bond donors (Lipinski definition) is 3. The molecule has 2 atom stereocenters. The van der Waals surface area contributed by atoms with Crippen LogP contribution >= 0.6 is 0 Å². The number of anilines is 2. The van der Waals surface area contributed by atoms with Crippen LogP contribution in [0.3, 0.4) is 0 Å². The second kappa shape index (κ2) is 13.6. The van der Waals surface area contributed by atoms with Gasteiger partial charge in [0.15, 0.2) is 11.6 Å². The van der Waals surface area contributed by atoms with E-state index in [0.29, 0.717) is 41.3 Å². The monoisotopic (exact) mass is 717 g/mol. The summed E-state index contributed by atoms with van der Waals surface area (Å²) < 4.78 is 53.7. The molecular weight excluding hydrogens is 679 g/mol. The molecule has 2 saturated heterocycles. The highest BCUT2D eigenvalue weighted by molar-refractivity contribution is 6.01. The molecule has 52 heavy (non-hydrogen) atoms. The SMILES string of the molecule is CCc1c(F)ccc2cc(O)cc(-c3ncc4c(NCc5cn(C(=O)N(C)C)nc5NC(C)=O)nc(OC[C@@]56CCCN5C[C@H](F)C6)nc4c3F)c12. The largest absolute Gasteiger partial charge is 0.508 e. The average molecular weight is 718 g/mol. The fourth-order valence-corrected chi connectivity index (χ4v) is 7.40. The van der Waals surface area contributed by atoms with Crippen molar-refractivity contribution in [3.8, 4) is 23.0 Å². The minimum absolute atomic E-state index is 0.0250. The van der Waals surface area contributed by atoms with E-state index in [2.05, 4.69) is 35.6 Å². The molecule has 2 aliphatic heterocycles. The Morgan fingerprint density at radius 3 is 2.73 bits per heavy atom. The molecule has 2 aliphatic rings. The molecule has 0 spiro atoms. The van der Waals surface area contributed by atoms with Crippen molar-refractivity contribution in [3.05, 3.63) is 59.4 Å². The maximum absolute atomic E-state index is 16.9. The summed E-state index contributed by atoms with van der Waals surface area (Å²) in [6.45, 7) is 4.22. The highest BCUT2D eigenvalue weighted by Gasteiger charge is 2.49. The maximum Gasteiger partial charge on any atom is 0.344 e. The number of carbonyl (C=O) groups excluding carboxylic acids is 2. The first-order valence-electron chi connectivity index (χ1n) is 17.0. The summed E-state index contributed by atoms with van der Waals surface area (Å²) in [5, 5.41) is 21.7. The predicted octanol–water partition coefficient (Wildman–Crippen LogP) is 5.64. The number of nitrogens with zero attached hydrogens (tertiary/aromatic N) is 7. The van der Waals surface area contributed by atoms with Crippen molar-refractivity contribution < 1.29 is 32.6 Å². The highest BCUT2D eigenvalue weighted by atomic mass is 19.1. The van der Waals surface area contributed by atoms with Crippen LogP contribution in [0.2, 0.25) is 0 Å². The van der Waals surface area contributed by atoms with Gasteiger partial charge in [0.05, 0.1) is 10.9 Å². The quantitative estimate of drug-likeness (QED) is 0.175. The summed E-state index contributed by atoms with van der Waals surface area (Å²) in [5.41, 5.74) is 0.0752. The van der Waals surface area contributed by atoms with Crippen LogP contribution < -0.4 is 15.4 Å². The van der Waals surface area contributed by atoms with Crippen molar-refractivity contribution in [1.82, 2.24) is 34.5 Å². The third-order valence-electron chi connectivity index (χ3n) is 9.77. The molecule has 272 valence electrons. The molecule has 2 aromatic carbocycles. The van der Waals surface area contributed by atoms with E-state index < -0.39 is 35.3 Å². The number of fused-ring (bicyclic) bond motifs is 3. The molecule has 5 heterocycles. The third kappa shape index (κ3) is 6.31. The number of hydrogen-bond acceptors (Lipinski definition) is 10. The smallest absolute Gasteiger partial charge is 0.344 e. The molecule has 2 fully saturated rings. The van der Waals surface area contributed by atoms with Gasteiger partial charge in [0.1, 0.15) is 41.4 Å². The lowest BCUT2D eigenvalue weighted by Gasteiger charge is -2.30. The number of amides is 2. The molecule has 13 nitrogen and oxygen atoms in total. The zero-order valence-electron chi connectivity index (χ0n) is 29.1. The van der Waals surface area contributed by atoms with Crippen LogP contribution in [-0.4, -0.2) is 97.1 Å². The Morgan fingerprint density at radius 2 is 1.98 bits per heavy atom. The van der Waals surface area contributed by atoms with Crippen molar-refractivity contribution in [3.63, 3.8) is 0 Å². The molecule has 0 unspecified atom stereocenters. The molecule has 3 N–H and O–H groups in total. The van der Waals surface area contributed by atoms with Crippen LogP contribution in [-0.2, 0) is 17.8 Å². The fraction of sp³-hybridized carbons (Fsp3) is 0.389. The van der Waals surface area contributed by atoms with E-state index in [4.69, 9.17) is 4.74 Å². The van der Waals surface area contributed by atoms with Gasteiger partial charge in [-0.2, -0.15) is 14.6 Å². The van der Waals surface area contributed by atoms with Gasteiger partial charge in [0, 0.05) is 64.1 Å². The van der Waals surface area contributed by atoms with Crippen LogP contribution in [0.25, 0.3) is 32.9 Å². The van der Waals surface area contributed by atoms with Gasteiger partial charge in [-0.3, -0.25) is 14.7 Å². The summed E-state index contributed by atoms with van der Waals surface area (Å²) >= 11 is 0. The zero-order chi connectivity index (χ0) is 36.9. The van der Waals surface area contributed by atoms with E-state index in [1.54, 1.807) is 21.0 Å². The number of rotatable bonds is 9. The first kappa shape index (κ1) is 34.9. The Kier molecular flexibility index (Phi) is 9.10. The number of aryl methyl sites for hydroxylation is 1. The van der Waals surface area contributed by atoms with Gasteiger partial charge in [0.25, 0.3) is 0 Å². The molecule has 3 aromatic heterocycles. The normalized spacial score (nSPS) is 18.6. The van der Waals surface area contributed by atoms with Crippen LogP contribution in [0.15, 0.2) is 36.7 Å². The van der Waals surface area contributed by atoms with Crippen molar-refractivity contribution >= 4 is 45.2 Å². The number of ether oxygens (including phenoxy) is 1. The van der Waals surface area contributed by atoms with E-state index in [1.807, 2.05) is 0 Å². The van der Waals surface area contributed by atoms with Gasteiger partial charge in [-0.1, -0.05) is 13.0 Å². The number of alkyl halides is 1. The fourth-order valence-electron chi connectivity index (χ4n) is 7.40. The molecule has 0 aliphatic carbocycles. The van der Waals surface area contributed by atoms with Crippen LogP contribution in [0.5, 0.6) is 11.8 Å². The summed E-state index contributed by atoms with van der Waals surface area (Å²) in [6, 6.07) is 5.02. The summed E-state index contributed by atoms with van der Waals surface area (Å²) in [5.74, 6) is -1.63. The second-order valence-electron chi connectivity index (χ2n) is 13.5. The van der Waals surface area contributed by atoms with E-state index in [-0.39, 0.29) is 58.7 Å². The zero-order valence-corrected chi connectivity index (χ0v) is 29.1. The number of phenols is 1. The summed E-state index contributed by atoms with van der Waals surface area (Å²) in [7, 11) is 3.13. The standard InChI is InChI=1S/C36H38F3N9O4/c1-5-24-27(38)8-7-20-11-23(50)12-25(28(20)24)30-29(39)31-26(15-40-30)33(41-14-21-16-48(35(51)46(3)4)45-32(21)42-19(2)49)44-34(43-31)52-18-36-9-6-10-47(36)17-22(37)13-36/h7-8,11-12,15-16,22,50H,5-6,9-10,13-14,17-18H2,1-4H3,(H,41,43,44)(H,42,45,49)/t22-,36+/m1/s1. The van der Waals surface area contributed by atoms with E-state index in [9.17, 15) is 19.1 Å². The summed E-state index contributed by atoms with van der Waals surface area (Å²) in [6.07, 6.45) is 4.07. The van der Waals surface area contributed by atoms with Crippen molar-refractivity contribution in [2.45, 2.75) is 57.8 Å². The van der Waals surface area contributed by atoms with E-state index >= 15 is 8.78 Å². The Morgan fingerprint density at radius 1 is 1.17 bits per heavy atom. The Labute approximate surface area is 296 Å². The van der Waals surface area contributed by atoms with Gasteiger partial charge in [-0.25, -0.2) is 18.0 Å². The van der Waals surface area contributed by atoms with Gasteiger partial charge < -0.3 is 25.4 Å². The van der Waals surface area contributed by atoms with Crippen molar-refractivity contribution in [2.24, 2.45) is 0 Å². The minimum Gasteiger partial charge on any atom is -0.508 e. The number of pyridine rings is 1. The number of aromatic nitrogens is 5. The molecule has 7 rings (SSSR count). The minimum atomic E-state index is -0.988. The van der Waals surface area contributed by atoms with Gasteiger partial charge in [0.2, 0.25) is 5.91 Å². The van der Waals surface area contributed by atoms with E-state index in [1.165, 1.54) is 48.5 Å². The lowest BCUT2D eigenvalue weighted by Crippen LogP contribution is -2.43. The van der Waals surface area contributed by atoms with E-state index in [0.717, 1.165) is 24.1 Å². The average Bonchev–Trinajstić information content (AvgIpc) is 3.77. The number of phenolic OH excluding ortho intramolecular Hbond substituents is 1. The van der Waals surface area contributed by atoms with Gasteiger partial charge >= 0.3 is 12.0 Å². The lowest BCUT2D eigenvalue weighted by molar-refractivity contribution is -0.114. The number of aromatic hydroxyl groups is 1. The summed E-state index contributed by atoms with van der Waals surface area (Å²) in [4.78, 5) is 41.5. The predicted molar refractivity (Wildman–Crippen MR) is 188 cm³/mol. The highest BCUT2D eigenvalue weighted by Crippen LogP contribution is 2.41. The van der Waals surface area contributed by atoms with Crippen LogP contribution in [0.4, 0.5) is 29.6 Å². The van der Waals surface area contributed by atoms with Crippen LogP contribution in [0, 0.1) is 11.6 Å². The molecule has 0 radical (unpaired) electrons. The molecule has 5 aromatic rings. The lowest BCUT2D eigenvalue weighted by atomic mass is 9.94. The van der Waals surface area contributed by atoms with Crippen molar-refractivity contribution in [1.29, 1.82) is 0 Å². The maximum atomic E-state index is 16.9. The molecule has 2 amide bonds. The first-order valence-corrected chi connectivity index (χ1v) is 17.0. The Bertz CT molecular complexity index is 2230. The van der Waals surface area contributed by atoms with Gasteiger partial charge in [-0.15, -0.1) is 5.10 Å². The number of nitrogens with one attached hydrogen (secondary N) is 2. The first-order chi connectivity index (χ1) is 24.9. The molecule has 0 bridgehead atoms. The number of halogens is 3. The Balaban J connectivity index is 1.33. The Hall–Kier alpha value is -5.51. The number of carbonyl (C=O) groups is 2. The second-order valence-corrected chi connectivity index (χ2v) is 13.5. The molecular formula is C36H38F3N9O4. The number of benzene rings is 2. The molecule has 16 heteroatoms. The van der Waals surface area contributed by atoms with Crippen LogP contribution in [0.1, 0.15) is 44.2 Å². The topological polar surface area (TPSA) is 151 Å². The third-order valence-corrected chi connectivity index (χ3v) is 9.77. The van der Waals surface area contributed by atoms with Crippen molar-refractivity contribution in [2.75, 3.05) is 44.4 Å².